The lowest BCUT2D eigenvalue weighted by atomic mass is 9.99. The van der Waals surface area contributed by atoms with Gasteiger partial charge in [-0.15, -0.1) is 0 Å². The highest BCUT2D eigenvalue weighted by Gasteiger charge is 2.33. The van der Waals surface area contributed by atoms with Gasteiger partial charge in [0.15, 0.2) is 6.29 Å². The van der Waals surface area contributed by atoms with Gasteiger partial charge in [0.2, 0.25) is 0 Å². The maximum absolute atomic E-state index is 12.7. The summed E-state index contributed by atoms with van der Waals surface area (Å²) in [5, 5.41) is 12.4. The number of aromatic nitrogens is 1. The average molecular weight is 524 g/mol. The van der Waals surface area contributed by atoms with Gasteiger partial charge in [-0.25, -0.2) is 0 Å². The summed E-state index contributed by atoms with van der Waals surface area (Å²) in [6.07, 6.45) is 3.01. The first kappa shape index (κ1) is 26.7. The number of hydrogen-bond donors (Lipinski definition) is 2. The highest BCUT2D eigenvalue weighted by atomic mass is 16.7. The number of nitrogens with one attached hydrogen (secondary N) is 1. The molecule has 0 bridgehead atoms. The molecule has 7 heteroatoms. The van der Waals surface area contributed by atoms with Crippen LogP contribution in [0.1, 0.15) is 51.4 Å². The Labute approximate surface area is 229 Å². The molecule has 3 aromatic carbocycles. The molecule has 1 amide bonds. The Morgan fingerprint density at radius 2 is 1.77 bits per heavy atom. The van der Waals surface area contributed by atoms with Crippen LogP contribution in [0.25, 0.3) is 0 Å². The van der Waals surface area contributed by atoms with Crippen LogP contribution in [0.2, 0.25) is 0 Å². The van der Waals surface area contributed by atoms with E-state index in [1.807, 2.05) is 54.6 Å². The first-order valence-electron chi connectivity index (χ1n) is 13.1. The molecule has 7 nitrogen and oxygen atoms in total. The Kier molecular flexibility index (Phi) is 8.75. The van der Waals surface area contributed by atoms with Crippen molar-refractivity contribution in [1.82, 2.24) is 9.88 Å². The molecule has 0 unspecified atom stereocenters. The molecule has 1 aliphatic rings. The Hall–Kier alpha value is -3.88. The van der Waals surface area contributed by atoms with Crippen LogP contribution in [-0.2, 0) is 22.6 Å². The zero-order valence-electron chi connectivity index (χ0n) is 21.9. The van der Waals surface area contributed by atoms with Crippen LogP contribution < -0.4 is 5.32 Å². The summed E-state index contributed by atoms with van der Waals surface area (Å²) in [4.78, 5) is 19.0. The van der Waals surface area contributed by atoms with Crippen molar-refractivity contribution in [2.24, 2.45) is 0 Å². The van der Waals surface area contributed by atoms with E-state index in [0.29, 0.717) is 17.7 Å². The quantitative estimate of drug-likeness (QED) is 0.301. The molecule has 2 heterocycles. The zero-order chi connectivity index (χ0) is 27.0. The van der Waals surface area contributed by atoms with Crippen molar-refractivity contribution in [3.05, 3.63) is 131 Å². The molecule has 0 radical (unpaired) electrons. The molecular weight excluding hydrogens is 490 g/mol. The van der Waals surface area contributed by atoms with Gasteiger partial charge in [-0.3, -0.25) is 14.7 Å². The molecule has 1 saturated heterocycles. The minimum Gasteiger partial charge on any atom is -0.392 e. The van der Waals surface area contributed by atoms with E-state index in [1.165, 1.54) is 11.8 Å². The number of aliphatic hydroxyl groups is 1. The van der Waals surface area contributed by atoms with E-state index < -0.39 is 6.29 Å². The smallest absolute Gasteiger partial charge is 0.257 e. The molecule has 39 heavy (non-hydrogen) atoms. The van der Waals surface area contributed by atoms with Crippen LogP contribution in [0.3, 0.4) is 0 Å². The Bertz CT molecular complexity index is 1350. The van der Waals surface area contributed by atoms with Gasteiger partial charge in [0.25, 0.3) is 5.91 Å². The molecule has 4 aromatic rings. The van der Waals surface area contributed by atoms with E-state index in [1.54, 1.807) is 18.3 Å². The number of ether oxygens (including phenoxy) is 2. The number of benzene rings is 3. The molecule has 1 aliphatic heterocycles. The van der Waals surface area contributed by atoms with Gasteiger partial charge < -0.3 is 19.9 Å². The molecule has 0 saturated carbocycles. The lowest BCUT2D eigenvalue weighted by Gasteiger charge is -2.38. The van der Waals surface area contributed by atoms with Gasteiger partial charge in [-0.2, -0.15) is 0 Å². The predicted molar refractivity (Wildman–Crippen MR) is 150 cm³/mol. The Morgan fingerprint density at radius 3 is 2.51 bits per heavy atom. The van der Waals surface area contributed by atoms with Gasteiger partial charge in [0.1, 0.15) is 0 Å². The number of carbonyl (C=O) groups is 1. The summed E-state index contributed by atoms with van der Waals surface area (Å²) in [6, 6.07) is 29.3. The molecular formula is C32H33N3O4. The molecule has 3 atom stereocenters. The average Bonchev–Trinajstić information content (AvgIpc) is 2.98. The minimum atomic E-state index is -0.605. The van der Waals surface area contributed by atoms with Crippen molar-refractivity contribution >= 4 is 11.6 Å². The van der Waals surface area contributed by atoms with Gasteiger partial charge in [-0.1, -0.05) is 66.7 Å². The highest BCUT2D eigenvalue weighted by molar-refractivity contribution is 6.04. The van der Waals surface area contributed by atoms with Gasteiger partial charge in [0.05, 0.1) is 24.4 Å². The largest absolute Gasteiger partial charge is 0.392 e. The number of aliphatic hydroxyl groups excluding tert-OH is 1. The second kappa shape index (κ2) is 12.8. The van der Waals surface area contributed by atoms with Crippen molar-refractivity contribution < 1.29 is 19.4 Å². The summed E-state index contributed by atoms with van der Waals surface area (Å²) in [7, 11) is 2.10. The standard InChI is InChI=1S/C32H33N3O4/c1-35(20-23-7-3-2-4-8-23)21-29-18-30(25-14-12-24(22-36)13-15-25)39-32(38-29)26-9-5-11-28(17-26)34-31(37)27-10-6-16-33-19-27/h2-17,19,29-30,32,36H,18,20-22H2,1H3,(H,34,37)/t29-,30+,32+/m0/s1. The van der Waals surface area contributed by atoms with Crippen LogP contribution in [0.5, 0.6) is 0 Å². The molecule has 0 spiro atoms. The third-order valence-electron chi connectivity index (χ3n) is 6.77. The fourth-order valence-electron chi connectivity index (χ4n) is 4.80. The van der Waals surface area contributed by atoms with Crippen molar-refractivity contribution in [2.75, 3.05) is 18.9 Å². The van der Waals surface area contributed by atoms with Crippen LogP contribution >= 0.6 is 0 Å². The monoisotopic (exact) mass is 523 g/mol. The number of anilines is 1. The number of likely N-dealkylation sites (N-methyl/N-ethyl adjacent to an activating group) is 1. The maximum atomic E-state index is 12.7. The number of pyridine rings is 1. The van der Waals surface area contributed by atoms with Crippen LogP contribution in [0.4, 0.5) is 5.69 Å². The second-order valence-electron chi connectivity index (χ2n) is 9.85. The fourth-order valence-corrected chi connectivity index (χ4v) is 4.80. The van der Waals surface area contributed by atoms with Crippen LogP contribution in [-0.4, -0.2) is 40.6 Å². The van der Waals surface area contributed by atoms with Crippen LogP contribution in [0, 0.1) is 0 Å². The maximum Gasteiger partial charge on any atom is 0.257 e. The lowest BCUT2D eigenvalue weighted by Crippen LogP contribution is -2.37. The first-order valence-corrected chi connectivity index (χ1v) is 13.1. The van der Waals surface area contributed by atoms with Crippen molar-refractivity contribution in [2.45, 2.75) is 38.1 Å². The lowest BCUT2D eigenvalue weighted by molar-refractivity contribution is -0.252. The SMILES string of the molecule is CN(Cc1ccccc1)C[C@@H]1C[C@H](c2ccc(CO)cc2)O[C@H](c2cccc(NC(=O)c3cccnc3)c2)O1. The van der Waals surface area contributed by atoms with Gasteiger partial charge >= 0.3 is 0 Å². The first-order chi connectivity index (χ1) is 19.1. The van der Waals surface area contributed by atoms with E-state index in [4.69, 9.17) is 9.47 Å². The van der Waals surface area contributed by atoms with Crippen molar-refractivity contribution in [1.29, 1.82) is 0 Å². The molecule has 1 fully saturated rings. The zero-order valence-corrected chi connectivity index (χ0v) is 21.9. The van der Waals surface area contributed by atoms with E-state index >= 15 is 0 Å². The van der Waals surface area contributed by atoms with Crippen molar-refractivity contribution in [3.63, 3.8) is 0 Å². The topological polar surface area (TPSA) is 83.9 Å². The molecule has 1 aromatic heterocycles. The minimum absolute atomic E-state index is 0.00199. The molecule has 200 valence electrons. The van der Waals surface area contributed by atoms with E-state index in [0.717, 1.165) is 29.8 Å². The van der Waals surface area contributed by atoms with Gasteiger partial charge in [-0.05, 0) is 48.0 Å². The summed E-state index contributed by atoms with van der Waals surface area (Å²) in [5.74, 6) is -0.229. The van der Waals surface area contributed by atoms with E-state index in [9.17, 15) is 9.90 Å². The van der Waals surface area contributed by atoms with Crippen molar-refractivity contribution in [3.8, 4) is 0 Å². The third kappa shape index (κ3) is 7.16. The molecule has 0 aliphatic carbocycles. The van der Waals surface area contributed by atoms with Gasteiger partial charge in [0, 0.05) is 43.2 Å². The Morgan fingerprint density at radius 1 is 0.949 bits per heavy atom. The van der Waals surface area contributed by atoms with E-state index in [-0.39, 0.29) is 24.7 Å². The molecule has 2 N–H and O–H groups in total. The number of carbonyl (C=O) groups excluding carboxylic acids is 1. The van der Waals surface area contributed by atoms with E-state index in [2.05, 4.69) is 46.5 Å². The second-order valence-corrected chi connectivity index (χ2v) is 9.85. The fraction of sp³-hybridized carbons (Fsp3) is 0.250. The number of nitrogens with zero attached hydrogens (tertiary/aromatic N) is 2. The highest BCUT2D eigenvalue weighted by Crippen LogP contribution is 2.38. The summed E-state index contributed by atoms with van der Waals surface area (Å²) in [6.45, 7) is 1.55. The van der Waals surface area contributed by atoms with Crippen LogP contribution in [0.15, 0.2) is 103 Å². The number of hydrogen-bond acceptors (Lipinski definition) is 6. The summed E-state index contributed by atoms with van der Waals surface area (Å²) < 4.78 is 13.0. The molecule has 5 rings (SSSR count). The summed E-state index contributed by atoms with van der Waals surface area (Å²) >= 11 is 0. The third-order valence-corrected chi connectivity index (χ3v) is 6.77. The normalized spacial score (nSPS) is 19.1. The summed E-state index contributed by atoms with van der Waals surface area (Å²) in [5.41, 5.74) is 5.11. The Balaban J connectivity index is 1.34. The number of rotatable bonds is 9. The number of amides is 1. The predicted octanol–water partition coefficient (Wildman–Crippen LogP) is 5.50.